The summed E-state index contributed by atoms with van der Waals surface area (Å²) in [5, 5.41) is 2.35. The monoisotopic (exact) mass is 527 g/mol. The van der Waals surface area contributed by atoms with Crippen LogP contribution in [-0.2, 0) is 19.6 Å². The van der Waals surface area contributed by atoms with E-state index in [9.17, 15) is 22.8 Å². The van der Waals surface area contributed by atoms with Crippen LogP contribution < -0.4 is 10.0 Å². The molecule has 8 nitrogen and oxygen atoms in total. The first kappa shape index (κ1) is 26.0. The number of hydrogen-bond acceptors (Lipinski definition) is 6. The number of nitrogens with one attached hydrogen (secondary N) is 2. The number of benzene rings is 2. The fraction of sp³-hybridized carbons (Fsp3) is 0.346. The highest BCUT2D eigenvalue weighted by molar-refractivity contribution is 8.18. The van der Waals surface area contributed by atoms with Gasteiger partial charge in [-0.15, -0.1) is 0 Å². The molecule has 2 aromatic carbocycles. The van der Waals surface area contributed by atoms with E-state index < -0.39 is 10.0 Å². The second kappa shape index (κ2) is 10.5. The molecule has 0 spiro atoms. The summed E-state index contributed by atoms with van der Waals surface area (Å²) in [4.78, 5) is 38.4. The van der Waals surface area contributed by atoms with Crippen LogP contribution >= 0.6 is 11.8 Å². The Kier molecular flexibility index (Phi) is 7.56. The predicted octanol–water partition coefficient (Wildman–Crippen LogP) is 5.45. The number of amides is 3. The number of anilines is 2. The van der Waals surface area contributed by atoms with Gasteiger partial charge >= 0.3 is 0 Å². The van der Waals surface area contributed by atoms with Crippen LogP contribution in [0.5, 0.6) is 0 Å². The first-order valence-corrected chi connectivity index (χ1v) is 14.1. The normalized spacial score (nSPS) is 18.9. The lowest BCUT2D eigenvalue weighted by Crippen LogP contribution is -2.39. The maximum Gasteiger partial charge on any atom is 0.293 e. The highest BCUT2D eigenvalue weighted by Gasteiger charge is 2.40. The fourth-order valence-corrected chi connectivity index (χ4v) is 6.41. The van der Waals surface area contributed by atoms with E-state index in [1.165, 1.54) is 42.5 Å². The first-order chi connectivity index (χ1) is 17.0. The Morgan fingerprint density at radius 3 is 2.22 bits per heavy atom. The number of rotatable bonds is 7. The lowest BCUT2D eigenvalue weighted by Gasteiger charge is -2.35. The Labute approximate surface area is 215 Å². The third-order valence-corrected chi connectivity index (χ3v) is 8.72. The van der Waals surface area contributed by atoms with Gasteiger partial charge in [0, 0.05) is 24.8 Å². The van der Waals surface area contributed by atoms with Gasteiger partial charge in [0.2, 0.25) is 5.91 Å². The summed E-state index contributed by atoms with van der Waals surface area (Å²) in [5.41, 5.74) is 1.52. The molecular weight excluding hydrogens is 498 g/mol. The molecule has 0 bridgehead atoms. The van der Waals surface area contributed by atoms with Gasteiger partial charge in [-0.3, -0.25) is 24.0 Å². The number of imide groups is 1. The summed E-state index contributed by atoms with van der Waals surface area (Å²) in [6.07, 6.45) is 7.15. The van der Waals surface area contributed by atoms with E-state index >= 15 is 0 Å². The van der Waals surface area contributed by atoms with Crippen LogP contribution in [0.4, 0.5) is 16.2 Å². The van der Waals surface area contributed by atoms with Crippen molar-refractivity contribution in [3.05, 3.63) is 59.0 Å². The molecule has 36 heavy (non-hydrogen) atoms. The molecule has 2 aromatic rings. The molecule has 2 N–H and O–H groups in total. The van der Waals surface area contributed by atoms with Gasteiger partial charge in [0.1, 0.15) is 0 Å². The molecule has 2 fully saturated rings. The zero-order chi connectivity index (χ0) is 25.9. The molecule has 0 aromatic heterocycles. The predicted molar refractivity (Wildman–Crippen MR) is 142 cm³/mol. The lowest BCUT2D eigenvalue weighted by molar-refractivity contribution is -0.124. The van der Waals surface area contributed by atoms with Gasteiger partial charge in [-0.2, -0.15) is 0 Å². The summed E-state index contributed by atoms with van der Waals surface area (Å²) in [7, 11) is -3.82. The topological polar surface area (TPSA) is 113 Å². The number of carbonyl (C=O) groups is 3. The van der Waals surface area contributed by atoms with Gasteiger partial charge < -0.3 is 5.32 Å². The molecule has 0 radical (unpaired) electrons. The molecule has 0 atom stereocenters. The third kappa shape index (κ3) is 6.17. The molecule has 2 aliphatic rings. The Hall–Kier alpha value is -3.11. The van der Waals surface area contributed by atoms with Crippen molar-refractivity contribution in [2.75, 3.05) is 16.6 Å². The summed E-state index contributed by atoms with van der Waals surface area (Å²) < 4.78 is 27.9. The summed E-state index contributed by atoms with van der Waals surface area (Å²) in [6.45, 7) is 3.97. The average molecular weight is 528 g/mol. The van der Waals surface area contributed by atoms with Crippen LogP contribution in [-0.4, -0.2) is 36.9 Å². The van der Waals surface area contributed by atoms with E-state index in [2.05, 4.69) is 17.0 Å². The number of nitrogens with zero attached hydrogens (tertiary/aromatic N) is 1. The van der Waals surface area contributed by atoms with E-state index in [1.807, 2.05) is 0 Å². The fourth-order valence-electron chi connectivity index (χ4n) is 4.51. The van der Waals surface area contributed by atoms with Gasteiger partial charge in [-0.1, -0.05) is 38.3 Å². The van der Waals surface area contributed by atoms with Crippen molar-refractivity contribution in [1.29, 1.82) is 0 Å². The van der Waals surface area contributed by atoms with Gasteiger partial charge in [0.05, 0.1) is 9.80 Å². The number of hydrogen-bond donors (Lipinski definition) is 2. The summed E-state index contributed by atoms with van der Waals surface area (Å²) >= 11 is 0.941. The minimum Gasteiger partial charge on any atom is -0.326 e. The molecule has 1 aliphatic carbocycles. The number of carbonyl (C=O) groups excluding carboxylic acids is 3. The second-order valence-corrected chi connectivity index (χ2v) is 12.2. The molecule has 1 saturated heterocycles. The van der Waals surface area contributed by atoms with Gasteiger partial charge in [0.15, 0.2) is 0 Å². The number of thioether (sulfide) groups is 1. The van der Waals surface area contributed by atoms with Crippen molar-refractivity contribution in [2.45, 2.75) is 50.8 Å². The lowest BCUT2D eigenvalue weighted by atomic mass is 9.75. The van der Waals surface area contributed by atoms with Gasteiger partial charge in [-0.05, 0) is 78.1 Å². The SMILES string of the molecule is CC(=O)Nc1ccc(S(=O)(=O)Nc2ccc(C=C3SC(=O)N(CC4(C)CCCCC4)C3=O)cc2)cc1. The quantitative estimate of drug-likeness (QED) is 0.463. The first-order valence-electron chi connectivity index (χ1n) is 11.8. The van der Waals surface area contributed by atoms with Crippen molar-refractivity contribution in [1.82, 2.24) is 4.90 Å². The van der Waals surface area contributed by atoms with Gasteiger partial charge in [0.25, 0.3) is 21.2 Å². The minimum atomic E-state index is -3.82. The highest BCUT2D eigenvalue weighted by Crippen LogP contribution is 2.40. The zero-order valence-electron chi connectivity index (χ0n) is 20.2. The standard InChI is InChI=1S/C26H29N3O5S2/c1-18(30)27-20-10-12-22(13-11-20)36(33,34)28-21-8-6-19(7-9-21)16-23-24(31)29(25(32)35-23)17-26(2)14-4-3-5-15-26/h6-13,16,28H,3-5,14-15,17H2,1-2H3,(H,27,30). The second-order valence-electron chi connectivity index (χ2n) is 9.57. The van der Waals surface area contributed by atoms with E-state index in [0.717, 1.165) is 37.4 Å². The Balaban J connectivity index is 1.42. The smallest absolute Gasteiger partial charge is 0.293 e. The number of sulfonamides is 1. The molecule has 1 saturated carbocycles. The minimum absolute atomic E-state index is 0.0251. The molecule has 0 unspecified atom stereocenters. The third-order valence-electron chi connectivity index (χ3n) is 6.42. The van der Waals surface area contributed by atoms with Crippen molar-refractivity contribution in [3.63, 3.8) is 0 Å². The maximum atomic E-state index is 12.9. The van der Waals surface area contributed by atoms with E-state index in [4.69, 9.17) is 0 Å². The van der Waals surface area contributed by atoms with Crippen LogP contribution in [0.15, 0.2) is 58.3 Å². The summed E-state index contributed by atoms with van der Waals surface area (Å²) in [5.74, 6) is -0.517. The molecule has 1 aliphatic heterocycles. The van der Waals surface area contributed by atoms with Crippen LogP contribution in [0.1, 0.15) is 51.5 Å². The zero-order valence-corrected chi connectivity index (χ0v) is 21.9. The van der Waals surface area contributed by atoms with Gasteiger partial charge in [-0.25, -0.2) is 8.42 Å². The molecule has 1 heterocycles. The van der Waals surface area contributed by atoms with Crippen molar-refractivity contribution >= 4 is 56.3 Å². The molecule has 10 heteroatoms. The van der Waals surface area contributed by atoms with Crippen LogP contribution in [0.2, 0.25) is 0 Å². The Morgan fingerprint density at radius 1 is 1.00 bits per heavy atom. The van der Waals surface area contributed by atoms with Crippen molar-refractivity contribution in [3.8, 4) is 0 Å². The molecule has 190 valence electrons. The maximum absolute atomic E-state index is 12.9. The Bertz CT molecular complexity index is 1300. The largest absolute Gasteiger partial charge is 0.326 e. The Morgan fingerprint density at radius 2 is 1.61 bits per heavy atom. The average Bonchev–Trinajstić information content (AvgIpc) is 3.07. The highest BCUT2D eigenvalue weighted by atomic mass is 32.2. The molecule has 3 amide bonds. The van der Waals surface area contributed by atoms with Crippen LogP contribution in [0, 0.1) is 5.41 Å². The van der Waals surface area contributed by atoms with Crippen LogP contribution in [0.25, 0.3) is 6.08 Å². The van der Waals surface area contributed by atoms with E-state index in [1.54, 1.807) is 30.3 Å². The van der Waals surface area contributed by atoms with E-state index in [-0.39, 0.29) is 27.4 Å². The van der Waals surface area contributed by atoms with E-state index in [0.29, 0.717) is 28.4 Å². The van der Waals surface area contributed by atoms with Crippen LogP contribution in [0.3, 0.4) is 0 Å². The van der Waals surface area contributed by atoms with Crippen molar-refractivity contribution in [2.24, 2.45) is 5.41 Å². The summed E-state index contributed by atoms with van der Waals surface area (Å²) in [6, 6.07) is 12.4. The van der Waals surface area contributed by atoms with Crippen molar-refractivity contribution < 1.29 is 22.8 Å². The molecular formula is C26H29N3O5S2. The molecule has 4 rings (SSSR count).